The molecule has 0 saturated carbocycles. The highest BCUT2D eigenvalue weighted by Gasteiger charge is 2.22. The van der Waals surface area contributed by atoms with Crippen molar-refractivity contribution in [2.75, 3.05) is 6.54 Å². The van der Waals surface area contributed by atoms with Crippen molar-refractivity contribution in [1.82, 2.24) is 5.32 Å². The summed E-state index contributed by atoms with van der Waals surface area (Å²) in [5.74, 6) is 0. The number of nitrogens with one attached hydrogen (secondary N) is 1. The zero-order chi connectivity index (χ0) is 8.15. The summed E-state index contributed by atoms with van der Waals surface area (Å²) in [5.41, 5.74) is 0.255. The van der Waals surface area contributed by atoms with Crippen molar-refractivity contribution in [2.45, 2.75) is 26.8 Å². The Balaban J connectivity index is 0.000000371. The lowest BCUT2D eigenvalue weighted by Crippen LogP contribution is -2.43. The normalized spacial score (nSPS) is 22.5. The Morgan fingerprint density at radius 2 is 2.00 bits per heavy atom. The van der Waals surface area contributed by atoms with Crippen LogP contribution in [0.3, 0.4) is 0 Å². The maximum absolute atomic E-state index is 11.6. The second-order valence-electron chi connectivity index (χ2n) is 1.89. The molecular formula is C7H13F2N. The average molecular weight is 149 g/mol. The molecule has 1 heterocycles. The average Bonchev–Trinajstić information content (AvgIpc) is 1.88. The number of rotatable bonds is 0. The summed E-state index contributed by atoms with van der Waals surface area (Å²) in [5, 5.41) is 2.80. The van der Waals surface area contributed by atoms with Crippen molar-refractivity contribution in [3.63, 3.8) is 0 Å². The summed E-state index contributed by atoms with van der Waals surface area (Å²) in [7, 11) is 0. The van der Waals surface area contributed by atoms with Gasteiger partial charge >= 0.3 is 0 Å². The second kappa shape index (κ2) is 4.39. The molecule has 10 heavy (non-hydrogen) atoms. The van der Waals surface area contributed by atoms with Crippen molar-refractivity contribution in [2.24, 2.45) is 0 Å². The molecule has 3 heteroatoms. The van der Waals surface area contributed by atoms with E-state index in [2.05, 4.69) is 5.32 Å². The zero-order valence-electron chi connectivity index (χ0n) is 6.54. The van der Waals surface area contributed by atoms with Crippen LogP contribution in [0.1, 0.15) is 20.8 Å². The monoisotopic (exact) mass is 149 g/mol. The van der Waals surface area contributed by atoms with Crippen LogP contribution in [0.4, 0.5) is 8.78 Å². The van der Waals surface area contributed by atoms with Crippen LogP contribution >= 0.6 is 0 Å². The van der Waals surface area contributed by atoms with Gasteiger partial charge in [0.1, 0.15) is 0 Å². The third-order valence-electron chi connectivity index (χ3n) is 1.36. The summed E-state index contributed by atoms with van der Waals surface area (Å²) >= 11 is 0. The van der Waals surface area contributed by atoms with Crippen LogP contribution in [0.25, 0.3) is 0 Å². The molecule has 0 aromatic carbocycles. The van der Waals surface area contributed by atoms with Gasteiger partial charge in [0.2, 0.25) is 0 Å². The van der Waals surface area contributed by atoms with E-state index >= 15 is 0 Å². The van der Waals surface area contributed by atoms with Gasteiger partial charge in [0.05, 0.1) is 0 Å². The summed E-state index contributed by atoms with van der Waals surface area (Å²) in [4.78, 5) is 0. The first kappa shape index (κ1) is 9.56. The first-order valence-corrected chi connectivity index (χ1v) is 3.49. The van der Waals surface area contributed by atoms with Crippen LogP contribution < -0.4 is 5.32 Å². The van der Waals surface area contributed by atoms with E-state index in [-0.39, 0.29) is 11.6 Å². The predicted molar refractivity (Wildman–Crippen MR) is 38.1 cm³/mol. The Labute approximate surface area is 60.1 Å². The van der Waals surface area contributed by atoms with E-state index in [9.17, 15) is 8.78 Å². The quantitative estimate of drug-likeness (QED) is 0.556. The summed E-state index contributed by atoms with van der Waals surface area (Å²) in [6, 6.07) is -0.0972. The third-order valence-corrected chi connectivity index (χ3v) is 1.36. The molecule has 0 spiro atoms. The smallest absolute Gasteiger partial charge is 0.272 e. The van der Waals surface area contributed by atoms with Crippen molar-refractivity contribution >= 4 is 0 Å². The second-order valence-corrected chi connectivity index (χ2v) is 1.89. The van der Waals surface area contributed by atoms with Gasteiger partial charge in [0.15, 0.2) is 0 Å². The van der Waals surface area contributed by atoms with Gasteiger partial charge < -0.3 is 5.32 Å². The largest absolute Gasteiger partial charge is 0.306 e. The molecule has 1 unspecified atom stereocenters. The highest BCUT2D eigenvalue weighted by Crippen LogP contribution is 2.17. The molecule has 1 aliphatic heterocycles. The maximum atomic E-state index is 11.6. The van der Waals surface area contributed by atoms with Crippen molar-refractivity contribution in [3.8, 4) is 0 Å². The van der Waals surface area contributed by atoms with Crippen LogP contribution in [0.15, 0.2) is 11.7 Å². The van der Waals surface area contributed by atoms with E-state index in [0.717, 1.165) is 0 Å². The molecule has 60 valence electrons. The van der Waals surface area contributed by atoms with Gasteiger partial charge in [-0.15, -0.1) is 0 Å². The maximum Gasteiger partial charge on any atom is 0.272 e. The highest BCUT2D eigenvalue weighted by molar-refractivity contribution is 5.20. The van der Waals surface area contributed by atoms with Gasteiger partial charge in [-0.25, -0.2) is 0 Å². The first-order chi connectivity index (χ1) is 4.72. The molecule has 1 aliphatic rings. The molecule has 0 amide bonds. The molecule has 1 fully saturated rings. The summed E-state index contributed by atoms with van der Waals surface area (Å²) in [6.45, 7) is 6.08. The minimum absolute atomic E-state index is 0.0972. The van der Waals surface area contributed by atoms with E-state index in [4.69, 9.17) is 0 Å². The van der Waals surface area contributed by atoms with Gasteiger partial charge in [0.25, 0.3) is 6.08 Å². The fraction of sp³-hybridized carbons (Fsp3) is 0.714. The SMILES string of the molecule is CC.CC1NCC1=C(F)F. The molecule has 0 aromatic rings. The Hall–Kier alpha value is -0.440. The Morgan fingerprint density at radius 1 is 1.50 bits per heavy atom. The van der Waals surface area contributed by atoms with Gasteiger partial charge in [-0.1, -0.05) is 13.8 Å². The molecular weight excluding hydrogens is 136 g/mol. The van der Waals surface area contributed by atoms with Crippen molar-refractivity contribution in [3.05, 3.63) is 11.7 Å². The standard InChI is InChI=1S/C5H7F2N.C2H6/c1-3-4(2-8-3)5(6)7;1-2/h3,8H,2H2,1H3;1-2H3. The topological polar surface area (TPSA) is 12.0 Å². The van der Waals surface area contributed by atoms with Crippen LogP contribution in [0.2, 0.25) is 0 Å². The lowest BCUT2D eigenvalue weighted by atomic mass is 10.0. The van der Waals surface area contributed by atoms with Crippen molar-refractivity contribution < 1.29 is 8.78 Å². The molecule has 0 radical (unpaired) electrons. The fourth-order valence-electron chi connectivity index (χ4n) is 0.639. The van der Waals surface area contributed by atoms with E-state index in [1.54, 1.807) is 6.92 Å². The van der Waals surface area contributed by atoms with E-state index in [0.29, 0.717) is 6.54 Å². The molecule has 0 bridgehead atoms. The lowest BCUT2D eigenvalue weighted by molar-refractivity contribution is 0.371. The number of halogens is 2. The van der Waals surface area contributed by atoms with Gasteiger partial charge in [-0.2, -0.15) is 8.78 Å². The molecule has 1 nitrogen and oxygen atoms in total. The minimum atomic E-state index is -1.52. The van der Waals surface area contributed by atoms with Crippen LogP contribution in [0.5, 0.6) is 0 Å². The summed E-state index contributed by atoms with van der Waals surface area (Å²) < 4.78 is 23.1. The molecule has 1 saturated heterocycles. The third kappa shape index (κ3) is 2.06. The molecule has 1 rings (SSSR count). The first-order valence-electron chi connectivity index (χ1n) is 3.49. The lowest BCUT2D eigenvalue weighted by Gasteiger charge is -2.26. The Morgan fingerprint density at radius 3 is 2.00 bits per heavy atom. The minimum Gasteiger partial charge on any atom is -0.306 e. The number of hydrogen-bond acceptors (Lipinski definition) is 1. The van der Waals surface area contributed by atoms with Gasteiger partial charge in [-0.05, 0) is 6.92 Å². The summed E-state index contributed by atoms with van der Waals surface area (Å²) in [6.07, 6.45) is -1.52. The molecule has 0 aromatic heterocycles. The zero-order valence-corrected chi connectivity index (χ0v) is 6.54. The van der Waals surface area contributed by atoms with Crippen molar-refractivity contribution in [1.29, 1.82) is 0 Å². The molecule has 1 N–H and O–H groups in total. The van der Waals surface area contributed by atoms with Crippen LogP contribution in [-0.2, 0) is 0 Å². The molecule has 1 atom stereocenters. The van der Waals surface area contributed by atoms with Gasteiger partial charge in [-0.3, -0.25) is 0 Å². The Kier molecular flexibility index (Phi) is 4.19. The van der Waals surface area contributed by atoms with E-state index in [1.807, 2.05) is 13.8 Å². The van der Waals surface area contributed by atoms with Gasteiger partial charge in [0, 0.05) is 18.2 Å². The van der Waals surface area contributed by atoms with Crippen LogP contribution in [-0.4, -0.2) is 12.6 Å². The van der Waals surface area contributed by atoms with Crippen LogP contribution in [0, 0.1) is 0 Å². The highest BCUT2D eigenvalue weighted by atomic mass is 19.3. The van der Waals surface area contributed by atoms with E-state index < -0.39 is 6.08 Å². The predicted octanol–water partition coefficient (Wildman–Crippen LogP) is 2.15. The van der Waals surface area contributed by atoms with E-state index in [1.165, 1.54) is 0 Å². The Bertz CT molecular complexity index is 128. The molecule has 0 aliphatic carbocycles. The fourth-order valence-corrected chi connectivity index (χ4v) is 0.639. The number of hydrogen-bond donors (Lipinski definition) is 1.